The van der Waals surface area contributed by atoms with Crippen LogP contribution in [0, 0.1) is 0 Å². The summed E-state index contributed by atoms with van der Waals surface area (Å²) in [5.41, 5.74) is 2.18. The van der Waals surface area contributed by atoms with Crippen molar-refractivity contribution >= 4 is 5.91 Å². The number of nitrogens with zero attached hydrogens (tertiary/aromatic N) is 2. The van der Waals surface area contributed by atoms with Gasteiger partial charge in [0.1, 0.15) is 0 Å². The van der Waals surface area contributed by atoms with Crippen molar-refractivity contribution in [2.75, 3.05) is 32.7 Å². The van der Waals surface area contributed by atoms with E-state index in [-0.39, 0.29) is 5.91 Å². The Morgan fingerprint density at radius 3 is 2.40 bits per heavy atom. The van der Waals surface area contributed by atoms with Gasteiger partial charge in [-0.2, -0.15) is 0 Å². The Labute approximate surface area is 122 Å². The first-order valence-electron chi connectivity index (χ1n) is 8.25. The van der Waals surface area contributed by atoms with Gasteiger partial charge in [-0.05, 0) is 32.2 Å². The Kier molecular flexibility index (Phi) is 6.76. The van der Waals surface area contributed by atoms with Crippen LogP contribution in [0.3, 0.4) is 0 Å². The number of carbonyl (C=O) groups is 1. The number of carbonyl (C=O) groups excluding carboxylic acids is 1. The van der Waals surface area contributed by atoms with Crippen LogP contribution in [0.15, 0.2) is 0 Å². The van der Waals surface area contributed by atoms with E-state index in [0.717, 1.165) is 18.9 Å². The van der Waals surface area contributed by atoms with Gasteiger partial charge in [0.2, 0.25) is 5.91 Å². The SMILES string of the molecule is NNC(=O)CCCCCN1CCN(C2CCCC2)CC1. The Balaban J connectivity index is 1.50. The van der Waals surface area contributed by atoms with Crippen molar-refractivity contribution in [3.63, 3.8) is 0 Å². The van der Waals surface area contributed by atoms with Gasteiger partial charge < -0.3 is 4.90 Å². The van der Waals surface area contributed by atoms with Crippen molar-refractivity contribution in [1.29, 1.82) is 0 Å². The fraction of sp³-hybridized carbons (Fsp3) is 0.933. The van der Waals surface area contributed by atoms with Gasteiger partial charge in [-0.25, -0.2) is 5.84 Å². The summed E-state index contributed by atoms with van der Waals surface area (Å²) in [7, 11) is 0. The third-order valence-corrected chi connectivity index (χ3v) is 4.79. The maximum Gasteiger partial charge on any atom is 0.233 e. The molecule has 116 valence electrons. The fourth-order valence-electron chi connectivity index (χ4n) is 3.49. The van der Waals surface area contributed by atoms with Crippen molar-refractivity contribution in [2.24, 2.45) is 5.84 Å². The van der Waals surface area contributed by atoms with Crippen molar-refractivity contribution in [1.82, 2.24) is 15.2 Å². The van der Waals surface area contributed by atoms with Gasteiger partial charge in [-0.3, -0.25) is 15.1 Å². The molecular weight excluding hydrogens is 252 g/mol. The van der Waals surface area contributed by atoms with E-state index in [9.17, 15) is 4.79 Å². The lowest BCUT2D eigenvalue weighted by atomic mass is 10.1. The minimum atomic E-state index is -0.0461. The molecule has 5 nitrogen and oxygen atoms in total. The highest BCUT2D eigenvalue weighted by Crippen LogP contribution is 2.24. The highest BCUT2D eigenvalue weighted by molar-refractivity contribution is 5.74. The van der Waals surface area contributed by atoms with E-state index >= 15 is 0 Å². The summed E-state index contributed by atoms with van der Waals surface area (Å²) < 4.78 is 0. The lowest BCUT2D eigenvalue weighted by molar-refractivity contribution is -0.121. The summed E-state index contributed by atoms with van der Waals surface area (Å²) in [6.07, 6.45) is 9.53. The number of unbranched alkanes of at least 4 members (excludes halogenated alkanes) is 2. The van der Waals surface area contributed by atoms with Crippen LogP contribution in [-0.4, -0.2) is 54.5 Å². The maximum atomic E-state index is 11.0. The minimum absolute atomic E-state index is 0.0461. The average Bonchev–Trinajstić information content (AvgIpc) is 3.01. The number of piperazine rings is 1. The summed E-state index contributed by atoms with van der Waals surface area (Å²) in [4.78, 5) is 16.3. The molecule has 1 aliphatic carbocycles. The molecule has 3 N–H and O–H groups in total. The summed E-state index contributed by atoms with van der Waals surface area (Å²) in [5, 5.41) is 0. The predicted molar refractivity (Wildman–Crippen MR) is 81.1 cm³/mol. The first-order chi connectivity index (χ1) is 9.79. The topological polar surface area (TPSA) is 61.6 Å². The highest BCUT2D eigenvalue weighted by Gasteiger charge is 2.25. The number of hydrogen-bond donors (Lipinski definition) is 2. The van der Waals surface area contributed by atoms with Gasteiger partial charge in [0.05, 0.1) is 0 Å². The average molecular weight is 282 g/mol. The van der Waals surface area contributed by atoms with Crippen molar-refractivity contribution in [3.05, 3.63) is 0 Å². The van der Waals surface area contributed by atoms with E-state index < -0.39 is 0 Å². The van der Waals surface area contributed by atoms with Gasteiger partial charge in [0, 0.05) is 38.6 Å². The smallest absolute Gasteiger partial charge is 0.233 e. The van der Waals surface area contributed by atoms with Crippen molar-refractivity contribution in [3.8, 4) is 0 Å². The van der Waals surface area contributed by atoms with E-state index in [1.54, 1.807) is 0 Å². The molecule has 1 aliphatic heterocycles. The largest absolute Gasteiger partial charge is 0.301 e. The quantitative estimate of drug-likeness (QED) is 0.318. The molecular formula is C15H30N4O. The van der Waals surface area contributed by atoms with Gasteiger partial charge in [0.25, 0.3) is 0 Å². The van der Waals surface area contributed by atoms with Gasteiger partial charge in [0.15, 0.2) is 0 Å². The van der Waals surface area contributed by atoms with Gasteiger partial charge in [-0.1, -0.05) is 19.3 Å². The van der Waals surface area contributed by atoms with Crippen LogP contribution in [-0.2, 0) is 4.79 Å². The second kappa shape index (κ2) is 8.60. The number of nitrogens with two attached hydrogens (primary N) is 1. The Morgan fingerprint density at radius 2 is 1.75 bits per heavy atom. The lowest BCUT2D eigenvalue weighted by Crippen LogP contribution is -2.49. The first kappa shape index (κ1) is 15.7. The predicted octanol–water partition coefficient (Wildman–Crippen LogP) is 1.10. The van der Waals surface area contributed by atoms with Crippen LogP contribution >= 0.6 is 0 Å². The normalized spacial score (nSPS) is 22.2. The van der Waals surface area contributed by atoms with Crippen LogP contribution < -0.4 is 11.3 Å². The van der Waals surface area contributed by atoms with Gasteiger partial charge >= 0.3 is 0 Å². The van der Waals surface area contributed by atoms with E-state index in [1.165, 1.54) is 64.8 Å². The standard InChI is InChI=1S/C15H30N4O/c16-17-15(20)8-2-1-5-9-18-10-12-19(13-11-18)14-6-3-4-7-14/h14H,1-13,16H2,(H,17,20). The summed E-state index contributed by atoms with van der Waals surface area (Å²) in [6, 6.07) is 0.881. The zero-order chi connectivity index (χ0) is 14.2. The molecule has 2 fully saturated rings. The second-order valence-corrected chi connectivity index (χ2v) is 6.19. The van der Waals surface area contributed by atoms with Crippen LogP contribution in [0.1, 0.15) is 51.4 Å². The summed E-state index contributed by atoms with van der Waals surface area (Å²) >= 11 is 0. The molecule has 0 spiro atoms. The molecule has 0 aromatic rings. The minimum Gasteiger partial charge on any atom is -0.301 e. The van der Waals surface area contributed by atoms with Gasteiger partial charge in [-0.15, -0.1) is 0 Å². The number of nitrogens with one attached hydrogen (secondary N) is 1. The summed E-state index contributed by atoms with van der Waals surface area (Å²) in [6.45, 7) is 6.13. The molecule has 20 heavy (non-hydrogen) atoms. The molecule has 2 rings (SSSR count). The van der Waals surface area contributed by atoms with Crippen molar-refractivity contribution in [2.45, 2.75) is 57.4 Å². The summed E-state index contributed by atoms with van der Waals surface area (Å²) in [5.74, 6) is 5.01. The lowest BCUT2D eigenvalue weighted by Gasteiger charge is -2.38. The molecule has 2 aliphatic rings. The number of amides is 1. The van der Waals surface area contributed by atoms with Crippen LogP contribution in [0.2, 0.25) is 0 Å². The number of hydrogen-bond acceptors (Lipinski definition) is 4. The Hall–Kier alpha value is -0.650. The van der Waals surface area contributed by atoms with E-state index in [2.05, 4.69) is 15.2 Å². The molecule has 5 heteroatoms. The zero-order valence-corrected chi connectivity index (χ0v) is 12.6. The number of hydrazine groups is 1. The van der Waals surface area contributed by atoms with Crippen LogP contribution in [0.25, 0.3) is 0 Å². The zero-order valence-electron chi connectivity index (χ0n) is 12.6. The highest BCUT2D eigenvalue weighted by atomic mass is 16.2. The van der Waals surface area contributed by atoms with E-state index in [0.29, 0.717) is 6.42 Å². The fourth-order valence-corrected chi connectivity index (χ4v) is 3.49. The molecule has 1 saturated heterocycles. The maximum absolute atomic E-state index is 11.0. The molecule has 0 unspecified atom stereocenters. The molecule has 0 aromatic heterocycles. The van der Waals surface area contributed by atoms with Crippen LogP contribution in [0.5, 0.6) is 0 Å². The molecule has 0 aromatic carbocycles. The third-order valence-electron chi connectivity index (χ3n) is 4.79. The molecule has 0 atom stereocenters. The van der Waals surface area contributed by atoms with Crippen molar-refractivity contribution < 1.29 is 4.79 Å². The molecule has 1 heterocycles. The third kappa shape index (κ3) is 5.04. The monoisotopic (exact) mass is 282 g/mol. The van der Waals surface area contributed by atoms with E-state index in [1.807, 2.05) is 0 Å². The molecule has 0 bridgehead atoms. The second-order valence-electron chi connectivity index (χ2n) is 6.19. The first-order valence-corrected chi connectivity index (χ1v) is 8.25. The Morgan fingerprint density at radius 1 is 1.05 bits per heavy atom. The Bertz CT molecular complexity index is 284. The van der Waals surface area contributed by atoms with Crippen LogP contribution in [0.4, 0.5) is 0 Å². The number of rotatable bonds is 7. The molecule has 0 radical (unpaired) electrons. The van der Waals surface area contributed by atoms with E-state index in [4.69, 9.17) is 5.84 Å². The molecule has 1 amide bonds. The molecule has 1 saturated carbocycles.